The molecule has 182 valence electrons. The minimum atomic E-state index is 0.122. The van der Waals surface area contributed by atoms with Crippen molar-refractivity contribution in [2.45, 2.75) is 31.2 Å². The maximum atomic E-state index is 2.58. The van der Waals surface area contributed by atoms with Gasteiger partial charge in [-0.1, -0.05) is 110 Å². The fraction of sp³-hybridized carbons (Fsp3) is 0.135. The van der Waals surface area contributed by atoms with E-state index in [2.05, 4.69) is 146 Å². The molecule has 6 aromatic rings. The highest BCUT2D eigenvalue weighted by molar-refractivity contribution is 6.21. The third-order valence-corrected chi connectivity index (χ3v) is 9.38. The Hall–Kier alpha value is -4.36. The summed E-state index contributed by atoms with van der Waals surface area (Å²) in [5.74, 6) is 0. The summed E-state index contributed by atoms with van der Waals surface area (Å²) in [5, 5.41) is 5.24. The molecule has 2 unspecified atom stereocenters. The SMILES string of the molecule is CC12CC1(C)N(c1ccccc1)c1ccc(-c3c4ccccc4c(-c4ccccc4)c4ccccc34)cc12. The van der Waals surface area contributed by atoms with Crippen LogP contribution in [0.25, 0.3) is 43.8 Å². The number of hydrogen-bond donors (Lipinski definition) is 0. The largest absolute Gasteiger partial charge is 0.334 e. The van der Waals surface area contributed by atoms with Gasteiger partial charge in [0, 0.05) is 16.8 Å². The van der Waals surface area contributed by atoms with Gasteiger partial charge in [-0.25, -0.2) is 0 Å². The lowest BCUT2D eigenvalue weighted by Gasteiger charge is -2.29. The Labute approximate surface area is 224 Å². The van der Waals surface area contributed by atoms with Crippen molar-refractivity contribution < 1.29 is 0 Å². The average molecular weight is 488 g/mol. The van der Waals surface area contributed by atoms with E-state index >= 15 is 0 Å². The molecule has 1 heterocycles. The van der Waals surface area contributed by atoms with E-state index in [4.69, 9.17) is 0 Å². The van der Waals surface area contributed by atoms with Crippen LogP contribution in [0.15, 0.2) is 127 Å². The highest BCUT2D eigenvalue weighted by Gasteiger charge is 2.70. The van der Waals surface area contributed by atoms with Crippen LogP contribution in [0.3, 0.4) is 0 Å². The highest BCUT2D eigenvalue weighted by Crippen LogP contribution is 2.70. The zero-order valence-electron chi connectivity index (χ0n) is 21.8. The molecule has 0 spiro atoms. The van der Waals surface area contributed by atoms with Gasteiger partial charge in [0.1, 0.15) is 0 Å². The van der Waals surface area contributed by atoms with Gasteiger partial charge in [0.25, 0.3) is 0 Å². The summed E-state index contributed by atoms with van der Waals surface area (Å²) in [6.07, 6.45) is 1.18. The molecule has 8 rings (SSSR count). The predicted octanol–water partition coefficient (Wildman–Crippen LogP) is 9.90. The Balaban J connectivity index is 1.41. The van der Waals surface area contributed by atoms with Crippen LogP contribution in [0.2, 0.25) is 0 Å². The third kappa shape index (κ3) is 2.77. The number of nitrogens with zero attached hydrogens (tertiary/aromatic N) is 1. The van der Waals surface area contributed by atoms with Crippen LogP contribution in [-0.2, 0) is 5.41 Å². The van der Waals surface area contributed by atoms with Crippen LogP contribution in [0, 0.1) is 0 Å². The molecule has 0 aromatic heterocycles. The topological polar surface area (TPSA) is 3.24 Å². The van der Waals surface area contributed by atoms with Crippen molar-refractivity contribution in [1.82, 2.24) is 0 Å². The number of para-hydroxylation sites is 1. The molecule has 2 aliphatic rings. The fourth-order valence-corrected chi connectivity index (χ4v) is 7.31. The van der Waals surface area contributed by atoms with Crippen molar-refractivity contribution in [2.75, 3.05) is 4.90 Å². The molecule has 2 atom stereocenters. The lowest BCUT2D eigenvalue weighted by Crippen LogP contribution is -2.30. The third-order valence-electron chi connectivity index (χ3n) is 9.38. The molecule has 0 saturated heterocycles. The van der Waals surface area contributed by atoms with Gasteiger partial charge < -0.3 is 4.90 Å². The van der Waals surface area contributed by atoms with E-state index in [0.717, 1.165) is 0 Å². The first-order valence-electron chi connectivity index (χ1n) is 13.6. The van der Waals surface area contributed by atoms with E-state index in [-0.39, 0.29) is 11.0 Å². The van der Waals surface area contributed by atoms with Gasteiger partial charge in [0.15, 0.2) is 0 Å². The van der Waals surface area contributed by atoms with E-state index in [0.29, 0.717) is 0 Å². The Morgan fingerprint density at radius 2 is 1.03 bits per heavy atom. The predicted molar refractivity (Wildman–Crippen MR) is 161 cm³/mol. The number of benzene rings is 6. The van der Waals surface area contributed by atoms with E-state index < -0.39 is 0 Å². The minimum Gasteiger partial charge on any atom is -0.334 e. The summed E-state index contributed by atoms with van der Waals surface area (Å²) in [7, 11) is 0. The summed E-state index contributed by atoms with van der Waals surface area (Å²) < 4.78 is 0. The monoisotopic (exact) mass is 487 g/mol. The number of hydrogen-bond acceptors (Lipinski definition) is 1. The molecule has 0 N–H and O–H groups in total. The Morgan fingerprint density at radius 3 is 1.61 bits per heavy atom. The fourth-order valence-electron chi connectivity index (χ4n) is 7.31. The van der Waals surface area contributed by atoms with Crippen LogP contribution in [0.5, 0.6) is 0 Å². The van der Waals surface area contributed by atoms with Crippen LogP contribution < -0.4 is 4.90 Å². The molecule has 1 aliphatic carbocycles. The zero-order chi connectivity index (χ0) is 25.5. The first-order valence-corrected chi connectivity index (χ1v) is 13.6. The van der Waals surface area contributed by atoms with E-state index in [1.165, 1.54) is 67.2 Å². The summed E-state index contributed by atoms with van der Waals surface area (Å²) >= 11 is 0. The van der Waals surface area contributed by atoms with Crippen molar-refractivity contribution >= 4 is 32.9 Å². The lowest BCUT2D eigenvalue weighted by atomic mass is 9.84. The Kier molecular flexibility index (Phi) is 4.33. The summed E-state index contributed by atoms with van der Waals surface area (Å²) in [4.78, 5) is 2.58. The lowest BCUT2D eigenvalue weighted by molar-refractivity contribution is 0.639. The standard InChI is InChI=1S/C37H29N/c1-36-24-37(36,2)38(27-15-7-4-8-16-27)33-22-21-26(23-32(33)36)35-30-19-11-9-17-28(30)34(25-13-5-3-6-14-25)29-18-10-12-20-31(29)35/h3-23H,24H2,1-2H3. The molecule has 1 nitrogen and oxygen atoms in total. The normalized spacial score (nSPS) is 21.5. The molecule has 1 heteroatoms. The maximum absolute atomic E-state index is 2.58. The second kappa shape index (κ2) is 7.58. The van der Waals surface area contributed by atoms with Crippen LogP contribution in [-0.4, -0.2) is 5.54 Å². The smallest absolute Gasteiger partial charge is 0.0528 e. The molecule has 0 radical (unpaired) electrons. The summed E-state index contributed by atoms with van der Waals surface area (Å²) in [6.45, 7) is 4.88. The van der Waals surface area contributed by atoms with Crippen molar-refractivity contribution in [1.29, 1.82) is 0 Å². The van der Waals surface area contributed by atoms with Gasteiger partial charge in [0.2, 0.25) is 0 Å². The van der Waals surface area contributed by atoms with Gasteiger partial charge >= 0.3 is 0 Å². The summed E-state index contributed by atoms with van der Waals surface area (Å²) in [5.41, 5.74) is 9.61. The number of anilines is 2. The molecular weight excluding hydrogens is 458 g/mol. The highest BCUT2D eigenvalue weighted by atomic mass is 15.3. The Morgan fingerprint density at radius 1 is 0.526 bits per heavy atom. The van der Waals surface area contributed by atoms with Gasteiger partial charge in [0.05, 0.1) is 5.54 Å². The first kappa shape index (κ1) is 21.7. The second-order valence-corrected chi connectivity index (χ2v) is 11.4. The molecule has 1 aliphatic heterocycles. The van der Waals surface area contributed by atoms with Crippen molar-refractivity contribution in [3.63, 3.8) is 0 Å². The quantitative estimate of drug-likeness (QED) is 0.225. The molecule has 38 heavy (non-hydrogen) atoms. The number of fused-ring (bicyclic) bond motifs is 5. The Bertz CT molecular complexity index is 1810. The van der Waals surface area contributed by atoms with E-state index in [9.17, 15) is 0 Å². The van der Waals surface area contributed by atoms with Gasteiger partial charge in [-0.2, -0.15) is 0 Å². The molecular formula is C37H29N. The molecule has 0 amide bonds. The van der Waals surface area contributed by atoms with Crippen LogP contribution >= 0.6 is 0 Å². The molecule has 1 saturated carbocycles. The van der Waals surface area contributed by atoms with Crippen LogP contribution in [0.4, 0.5) is 11.4 Å². The summed E-state index contributed by atoms with van der Waals surface area (Å²) in [6, 6.07) is 46.8. The maximum Gasteiger partial charge on any atom is 0.0528 e. The van der Waals surface area contributed by atoms with E-state index in [1.54, 1.807) is 0 Å². The zero-order valence-corrected chi connectivity index (χ0v) is 21.8. The first-order chi connectivity index (χ1) is 18.6. The number of rotatable bonds is 3. The van der Waals surface area contributed by atoms with Crippen molar-refractivity contribution in [3.05, 3.63) is 133 Å². The van der Waals surface area contributed by atoms with Crippen molar-refractivity contribution in [3.8, 4) is 22.3 Å². The molecule has 0 bridgehead atoms. The molecule has 1 fully saturated rings. The minimum absolute atomic E-state index is 0.122. The second-order valence-electron chi connectivity index (χ2n) is 11.4. The van der Waals surface area contributed by atoms with Gasteiger partial charge in [-0.3, -0.25) is 0 Å². The molecule has 6 aromatic carbocycles. The van der Waals surface area contributed by atoms with Crippen LogP contribution in [0.1, 0.15) is 25.8 Å². The van der Waals surface area contributed by atoms with Crippen molar-refractivity contribution in [2.24, 2.45) is 0 Å². The van der Waals surface area contributed by atoms with E-state index in [1.807, 2.05) is 0 Å². The average Bonchev–Trinajstić information content (AvgIpc) is 3.48. The van der Waals surface area contributed by atoms with Gasteiger partial charge in [-0.15, -0.1) is 0 Å². The van der Waals surface area contributed by atoms with Gasteiger partial charge in [-0.05, 0) is 87.0 Å².